The molecule has 2 heteroatoms. The molecule has 2 aliphatic rings. The van der Waals surface area contributed by atoms with Gasteiger partial charge in [-0.3, -0.25) is 0 Å². The van der Waals surface area contributed by atoms with Crippen LogP contribution in [0.3, 0.4) is 0 Å². The van der Waals surface area contributed by atoms with E-state index in [1.807, 2.05) is 0 Å². The van der Waals surface area contributed by atoms with Crippen molar-refractivity contribution in [1.82, 2.24) is 10.2 Å². The Morgan fingerprint density at radius 2 is 1.76 bits per heavy atom. The Morgan fingerprint density at radius 1 is 1.06 bits per heavy atom. The van der Waals surface area contributed by atoms with Crippen LogP contribution in [0.2, 0.25) is 0 Å². The summed E-state index contributed by atoms with van der Waals surface area (Å²) < 4.78 is 0. The van der Waals surface area contributed by atoms with Gasteiger partial charge in [0, 0.05) is 24.7 Å². The minimum atomic E-state index is 0.397. The van der Waals surface area contributed by atoms with E-state index in [0.717, 1.165) is 12.0 Å². The van der Waals surface area contributed by atoms with E-state index in [2.05, 4.69) is 31.1 Å². The van der Waals surface area contributed by atoms with Gasteiger partial charge < -0.3 is 10.2 Å². The molecule has 0 bridgehead atoms. The molecule has 0 aromatic carbocycles. The molecule has 1 saturated carbocycles. The third-order valence-corrected chi connectivity index (χ3v) is 5.25. The number of nitrogens with one attached hydrogen (secondary N) is 1. The van der Waals surface area contributed by atoms with Gasteiger partial charge in [-0.2, -0.15) is 0 Å². The molecule has 1 saturated heterocycles. The second kappa shape index (κ2) is 5.71. The zero-order valence-corrected chi connectivity index (χ0v) is 12.0. The summed E-state index contributed by atoms with van der Waals surface area (Å²) in [6, 6.07) is 0.890. The summed E-state index contributed by atoms with van der Waals surface area (Å²) in [5.74, 6) is 0.965. The van der Waals surface area contributed by atoms with E-state index in [9.17, 15) is 0 Å². The molecule has 2 fully saturated rings. The van der Waals surface area contributed by atoms with E-state index in [4.69, 9.17) is 0 Å². The second-order valence-corrected chi connectivity index (χ2v) is 6.61. The number of rotatable bonds is 2. The fourth-order valence-electron chi connectivity index (χ4n) is 3.47. The maximum atomic E-state index is 3.50. The molecular weight excluding hydrogens is 208 g/mol. The smallest absolute Gasteiger partial charge is 0.0174 e. The molecule has 1 aliphatic heterocycles. The first-order chi connectivity index (χ1) is 8.13. The lowest BCUT2D eigenvalue weighted by molar-refractivity contribution is 0.101. The van der Waals surface area contributed by atoms with Crippen molar-refractivity contribution in [2.24, 2.45) is 5.92 Å². The van der Waals surface area contributed by atoms with Gasteiger partial charge >= 0.3 is 0 Å². The minimum Gasteiger partial charge on any atom is -0.314 e. The van der Waals surface area contributed by atoms with Crippen LogP contribution < -0.4 is 5.32 Å². The summed E-state index contributed by atoms with van der Waals surface area (Å²) in [4.78, 5) is 2.77. The molecule has 0 spiro atoms. The molecule has 2 nitrogen and oxygen atoms in total. The summed E-state index contributed by atoms with van der Waals surface area (Å²) in [7, 11) is 2.11. The van der Waals surface area contributed by atoms with Gasteiger partial charge in [0.15, 0.2) is 0 Å². The Kier molecular flexibility index (Phi) is 4.48. The van der Waals surface area contributed by atoms with Crippen LogP contribution in [0.25, 0.3) is 0 Å². The predicted octanol–water partition coefficient (Wildman–Crippen LogP) is 3.03. The van der Waals surface area contributed by atoms with E-state index in [0.29, 0.717) is 5.54 Å². The van der Waals surface area contributed by atoms with E-state index < -0.39 is 0 Å². The lowest BCUT2D eigenvalue weighted by Crippen LogP contribution is -2.52. The van der Waals surface area contributed by atoms with Crippen molar-refractivity contribution in [3.05, 3.63) is 0 Å². The molecule has 2 atom stereocenters. The number of hydrogen-bond donors (Lipinski definition) is 1. The number of nitrogens with zero attached hydrogens (tertiary/aromatic N) is 1. The molecule has 1 aliphatic carbocycles. The van der Waals surface area contributed by atoms with Crippen molar-refractivity contribution in [1.29, 1.82) is 0 Å². The van der Waals surface area contributed by atoms with E-state index >= 15 is 0 Å². The number of piperidine rings is 1. The largest absolute Gasteiger partial charge is 0.314 e. The quantitative estimate of drug-likeness (QED) is 0.744. The highest BCUT2D eigenvalue weighted by Crippen LogP contribution is 2.29. The van der Waals surface area contributed by atoms with Crippen molar-refractivity contribution in [3.63, 3.8) is 0 Å². The third-order valence-electron chi connectivity index (χ3n) is 5.25. The van der Waals surface area contributed by atoms with Gasteiger partial charge in [0.2, 0.25) is 0 Å². The van der Waals surface area contributed by atoms with Gasteiger partial charge in [0.25, 0.3) is 0 Å². The van der Waals surface area contributed by atoms with E-state index in [-0.39, 0.29) is 0 Å². The summed E-state index contributed by atoms with van der Waals surface area (Å²) in [6.07, 6.45) is 9.87. The standard InChI is InChI=1S/C15H30N2/c1-13-5-4-6-14(8-7-13)17-11-9-15(2,16-3)10-12-17/h13-14,16H,4-12H2,1-3H3. The van der Waals surface area contributed by atoms with Crippen LogP contribution in [0, 0.1) is 5.92 Å². The number of likely N-dealkylation sites (tertiary alicyclic amines) is 1. The molecule has 0 aromatic rings. The van der Waals surface area contributed by atoms with Crippen LogP contribution in [-0.4, -0.2) is 36.6 Å². The van der Waals surface area contributed by atoms with Crippen molar-refractivity contribution in [2.75, 3.05) is 20.1 Å². The van der Waals surface area contributed by atoms with E-state index in [1.54, 1.807) is 0 Å². The van der Waals surface area contributed by atoms with Gasteiger partial charge in [-0.15, -0.1) is 0 Å². The fourth-order valence-corrected chi connectivity index (χ4v) is 3.47. The molecule has 1 heterocycles. The Morgan fingerprint density at radius 3 is 2.41 bits per heavy atom. The first kappa shape index (κ1) is 13.4. The minimum absolute atomic E-state index is 0.397. The molecule has 100 valence electrons. The number of hydrogen-bond acceptors (Lipinski definition) is 2. The first-order valence-corrected chi connectivity index (χ1v) is 7.56. The SMILES string of the molecule is CNC1(C)CCN(C2CCCC(C)CC2)CC1. The summed E-state index contributed by atoms with van der Waals surface area (Å²) in [5.41, 5.74) is 0.397. The van der Waals surface area contributed by atoms with Gasteiger partial charge in [0.05, 0.1) is 0 Å². The van der Waals surface area contributed by atoms with Crippen molar-refractivity contribution in [3.8, 4) is 0 Å². The Labute approximate surface area is 107 Å². The Balaban J connectivity index is 1.83. The third kappa shape index (κ3) is 3.45. The van der Waals surface area contributed by atoms with Gasteiger partial charge in [0.1, 0.15) is 0 Å². The molecule has 0 aromatic heterocycles. The van der Waals surface area contributed by atoms with Crippen LogP contribution in [0.5, 0.6) is 0 Å². The molecule has 2 unspecified atom stereocenters. The van der Waals surface area contributed by atoms with Gasteiger partial charge in [-0.1, -0.05) is 19.8 Å². The summed E-state index contributed by atoms with van der Waals surface area (Å²) in [5, 5.41) is 3.50. The van der Waals surface area contributed by atoms with Crippen molar-refractivity contribution < 1.29 is 0 Å². The zero-order valence-electron chi connectivity index (χ0n) is 12.0. The molecular formula is C15H30N2. The molecule has 17 heavy (non-hydrogen) atoms. The normalized spacial score (nSPS) is 35.5. The Bertz CT molecular complexity index is 231. The van der Waals surface area contributed by atoms with Crippen LogP contribution in [0.4, 0.5) is 0 Å². The highest BCUT2D eigenvalue weighted by atomic mass is 15.2. The predicted molar refractivity (Wildman–Crippen MR) is 74.3 cm³/mol. The summed E-state index contributed by atoms with van der Waals surface area (Å²) in [6.45, 7) is 7.41. The van der Waals surface area contributed by atoms with Crippen LogP contribution >= 0.6 is 0 Å². The molecule has 0 amide bonds. The van der Waals surface area contributed by atoms with Crippen molar-refractivity contribution in [2.45, 2.75) is 70.4 Å². The maximum absolute atomic E-state index is 3.50. The average Bonchev–Trinajstić information content (AvgIpc) is 2.55. The van der Waals surface area contributed by atoms with E-state index in [1.165, 1.54) is 58.0 Å². The first-order valence-electron chi connectivity index (χ1n) is 7.56. The Hall–Kier alpha value is -0.0800. The molecule has 1 N–H and O–H groups in total. The highest BCUT2D eigenvalue weighted by Gasteiger charge is 2.31. The maximum Gasteiger partial charge on any atom is 0.0174 e. The average molecular weight is 238 g/mol. The monoisotopic (exact) mass is 238 g/mol. The lowest BCUT2D eigenvalue weighted by atomic mass is 9.88. The fraction of sp³-hybridized carbons (Fsp3) is 1.00. The highest BCUT2D eigenvalue weighted by molar-refractivity contribution is 4.90. The topological polar surface area (TPSA) is 15.3 Å². The summed E-state index contributed by atoms with van der Waals surface area (Å²) >= 11 is 0. The van der Waals surface area contributed by atoms with Crippen LogP contribution in [-0.2, 0) is 0 Å². The van der Waals surface area contributed by atoms with Gasteiger partial charge in [-0.05, 0) is 52.0 Å². The van der Waals surface area contributed by atoms with Crippen LogP contribution in [0.1, 0.15) is 58.8 Å². The molecule has 2 rings (SSSR count). The zero-order chi connectivity index (χ0) is 12.3. The van der Waals surface area contributed by atoms with Crippen molar-refractivity contribution >= 4 is 0 Å². The van der Waals surface area contributed by atoms with Gasteiger partial charge in [-0.25, -0.2) is 0 Å². The second-order valence-electron chi connectivity index (χ2n) is 6.61. The molecule has 0 radical (unpaired) electrons. The van der Waals surface area contributed by atoms with Crippen LogP contribution in [0.15, 0.2) is 0 Å². The lowest BCUT2D eigenvalue weighted by Gasteiger charge is -2.42.